The zero-order valence-corrected chi connectivity index (χ0v) is 14.2. The van der Waals surface area contributed by atoms with Gasteiger partial charge in [0.2, 0.25) is 5.91 Å². The zero-order chi connectivity index (χ0) is 17.6. The molecule has 0 radical (unpaired) electrons. The smallest absolute Gasteiger partial charge is 0.290 e. The Morgan fingerprint density at radius 2 is 2.28 bits per heavy atom. The predicted molar refractivity (Wildman–Crippen MR) is 94.9 cm³/mol. The molecule has 1 aromatic heterocycles. The van der Waals surface area contributed by atoms with Crippen molar-refractivity contribution in [1.29, 1.82) is 0 Å². The van der Waals surface area contributed by atoms with Gasteiger partial charge in [-0.3, -0.25) is 9.59 Å². The van der Waals surface area contributed by atoms with E-state index in [0.29, 0.717) is 18.1 Å². The van der Waals surface area contributed by atoms with Crippen molar-refractivity contribution in [2.24, 2.45) is 0 Å². The SMILES string of the molecule is COc1ccccc1CC(=O)N[C@@H]1CCCN(c2ncc[nH]c2=O)C1. The summed E-state index contributed by atoms with van der Waals surface area (Å²) in [5, 5.41) is 3.06. The van der Waals surface area contributed by atoms with Gasteiger partial charge in [0.05, 0.1) is 13.5 Å². The fourth-order valence-electron chi connectivity index (χ4n) is 3.16. The molecule has 2 heterocycles. The first kappa shape index (κ1) is 17.0. The lowest BCUT2D eigenvalue weighted by atomic mass is 10.0. The van der Waals surface area contributed by atoms with Gasteiger partial charge in [-0.25, -0.2) is 4.98 Å². The van der Waals surface area contributed by atoms with E-state index in [-0.39, 0.29) is 23.9 Å². The molecule has 0 unspecified atom stereocenters. The second-order valence-electron chi connectivity index (χ2n) is 6.08. The summed E-state index contributed by atoms with van der Waals surface area (Å²) in [6, 6.07) is 7.50. The molecule has 1 amide bonds. The number of rotatable bonds is 5. The monoisotopic (exact) mass is 342 g/mol. The molecule has 1 aliphatic heterocycles. The van der Waals surface area contributed by atoms with Crippen molar-refractivity contribution in [2.45, 2.75) is 25.3 Å². The third kappa shape index (κ3) is 4.17. The van der Waals surface area contributed by atoms with Crippen LogP contribution in [0, 0.1) is 0 Å². The van der Waals surface area contributed by atoms with Crippen molar-refractivity contribution in [2.75, 3.05) is 25.1 Å². The van der Waals surface area contributed by atoms with Crippen LogP contribution in [0.15, 0.2) is 41.5 Å². The summed E-state index contributed by atoms with van der Waals surface area (Å²) < 4.78 is 5.29. The van der Waals surface area contributed by atoms with Crippen molar-refractivity contribution in [3.8, 4) is 5.75 Å². The average molecular weight is 342 g/mol. The van der Waals surface area contributed by atoms with E-state index >= 15 is 0 Å². The number of hydrogen-bond acceptors (Lipinski definition) is 5. The average Bonchev–Trinajstić information content (AvgIpc) is 2.62. The second-order valence-corrected chi connectivity index (χ2v) is 6.08. The number of nitrogens with one attached hydrogen (secondary N) is 2. The summed E-state index contributed by atoms with van der Waals surface area (Å²) in [6.07, 6.45) is 5.14. The van der Waals surface area contributed by atoms with Crippen LogP contribution in [0.25, 0.3) is 0 Å². The third-order valence-corrected chi connectivity index (χ3v) is 4.32. The van der Waals surface area contributed by atoms with Gasteiger partial charge in [0.25, 0.3) is 5.56 Å². The molecule has 7 nitrogen and oxygen atoms in total. The molecule has 2 aromatic rings. The van der Waals surface area contributed by atoms with Crippen LogP contribution in [-0.2, 0) is 11.2 Å². The number of nitrogens with zero attached hydrogens (tertiary/aromatic N) is 2. The van der Waals surface area contributed by atoms with Gasteiger partial charge >= 0.3 is 0 Å². The first-order chi connectivity index (χ1) is 12.2. The van der Waals surface area contributed by atoms with E-state index in [2.05, 4.69) is 15.3 Å². The number of para-hydroxylation sites is 1. The molecule has 0 saturated carbocycles. The third-order valence-electron chi connectivity index (χ3n) is 4.32. The molecule has 1 saturated heterocycles. The number of anilines is 1. The van der Waals surface area contributed by atoms with Crippen LogP contribution >= 0.6 is 0 Å². The number of aromatic amines is 1. The Morgan fingerprint density at radius 1 is 1.44 bits per heavy atom. The van der Waals surface area contributed by atoms with E-state index < -0.39 is 0 Å². The summed E-state index contributed by atoms with van der Waals surface area (Å²) >= 11 is 0. The highest BCUT2D eigenvalue weighted by atomic mass is 16.5. The van der Waals surface area contributed by atoms with E-state index in [1.165, 1.54) is 6.20 Å². The number of piperidine rings is 1. The van der Waals surface area contributed by atoms with Crippen LogP contribution in [-0.4, -0.2) is 42.1 Å². The largest absolute Gasteiger partial charge is 0.496 e. The maximum absolute atomic E-state index is 12.4. The highest BCUT2D eigenvalue weighted by Gasteiger charge is 2.24. The molecule has 1 atom stereocenters. The molecule has 0 spiro atoms. The molecule has 0 bridgehead atoms. The Balaban J connectivity index is 1.62. The fourth-order valence-corrected chi connectivity index (χ4v) is 3.16. The maximum Gasteiger partial charge on any atom is 0.290 e. The number of amides is 1. The molecule has 25 heavy (non-hydrogen) atoms. The van der Waals surface area contributed by atoms with Crippen molar-refractivity contribution < 1.29 is 9.53 Å². The molecule has 1 aromatic carbocycles. The van der Waals surface area contributed by atoms with E-state index in [1.807, 2.05) is 29.2 Å². The number of carbonyl (C=O) groups is 1. The van der Waals surface area contributed by atoms with Gasteiger partial charge in [-0.15, -0.1) is 0 Å². The topological polar surface area (TPSA) is 87.3 Å². The first-order valence-corrected chi connectivity index (χ1v) is 8.37. The molecule has 1 fully saturated rings. The van der Waals surface area contributed by atoms with Gasteiger partial charge in [0, 0.05) is 37.1 Å². The lowest BCUT2D eigenvalue weighted by molar-refractivity contribution is -0.121. The maximum atomic E-state index is 12.4. The van der Waals surface area contributed by atoms with Gasteiger partial charge < -0.3 is 19.9 Å². The predicted octanol–water partition coefficient (Wildman–Crippen LogP) is 1.11. The number of methoxy groups -OCH3 is 1. The number of benzene rings is 1. The van der Waals surface area contributed by atoms with Crippen LogP contribution in [0.4, 0.5) is 5.82 Å². The van der Waals surface area contributed by atoms with Gasteiger partial charge in [-0.05, 0) is 18.9 Å². The Bertz CT molecular complexity index is 790. The lowest BCUT2D eigenvalue weighted by Gasteiger charge is -2.33. The minimum absolute atomic E-state index is 0.00244. The molecule has 3 rings (SSSR count). The molecule has 132 valence electrons. The Kier molecular flexibility index (Phi) is 5.33. The van der Waals surface area contributed by atoms with Gasteiger partial charge in [-0.2, -0.15) is 0 Å². The Labute approximate surface area is 146 Å². The zero-order valence-electron chi connectivity index (χ0n) is 14.2. The summed E-state index contributed by atoms with van der Waals surface area (Å²) in [6.45, 7) is 1.34. The fraction of sp³-hybridized carbons (Fsp3) is 0.389. The van der Waals surface area contributed by atoms with Gasteiger partial charge in [-0.1, -0.05) is 18.2 Å². The number of aromatic nitrogens is 2. The van der Waals surface area contributed by atoms with E-state index in [9.17, 15) is 9.59 Å². The lowest BCUT2D eigenvalue weighted by Crippen LogP contribution is -2.49. The van der Waals surface area contributed by atoms with Crippen molar-refractivity contribution in [3.63, 3.8) is 0 Å². The molecular formula is C18H22N4O3. The highest BCUT2D eigenvalue weighted by molar-refractivity contribution is 5.79. The van der Waals surface area contributed by atoms with Crippen LogP contribution < -0.4 is 20.5 Å². The summed E-state index contributed by atoms with van der Waals surface area (Å²) in [4.78, 5) is 33.0. The van der Waals surface area contributed by atoms with Gasteiger partial charge in [0.1, 0.15) is 5.75 Å². The summed E-state index contributed by atoms with van der Waals surface area (Å²) in [5.41, 5.74) is 0.653. The first-order valence-electron chi connectivity index (χ1n) is 8.37. The van der Waals surface area contributed by atoms with Crippen LogP contribution in [0.1, 0.15) is 18.4 Å². The molecule has 0 aliphatic carbocycles. The van der Waals surface area contributed by atoms with E-state index in [0.717, 1.165) is 24.9 Å². The van der Waals surface area contributed by atoms with Crippen molar-refractivity contribution >= 4 is 11.7 Å². The Morgan fingerprint density at radius 3 is 3.08 bits per heavy atom. The van der Waals surface area contributed by atoms with Crippen LogP contribution in [0.3, 0.4) is 0 Å². The Hall–Kier alpha value is -2.83. The molecular weight excluding hydrogens is 320 g/mol. The standard InChI is InChI=1S/C18H22N4O3/c1-25-15-7-3-2-5-13(15)11-16(23)21-14-6-4-10-22(12-14)17-18(24)20-9-8-19-17/h2-3,5,7-9,14H,4,6,10-12H2,1H3,(H,20,24)(H,21,23)/t14-/m1/s1. The summed E-state index contributed by atoms with van der Waals surface area (Å²) in [7, 11) is 1.60. The number of ether oxygens (including phenoxy) is 1. The normalized spacial score (nSPS) is 17.2. The van der Waals surface area contributed by atoms with Gasteiger partial charge in [0.15, 0.2) is 5.82 Å². The summed E-state index contributed by atoms with van der Waals surface area (Å²) in [5.74, 6) is 1.07. The number of H-pyrrole nitrogens is 1. The van der Waals surface area contributed by atoms with Crippen LogP contribution in [0.2, 0.25) is 0 Å². The number of carbonyl (C=O) groups excluding carboxylic acids is 1. The van der Waals surface area contributed by atoms with E-state index in [4.69, 9.17) is 4.74 Å². The number of hydrogen-bond donors (Lipinski definition) is 2. The minimum Gasteiger partial charge on any atom is -0.496 e. The van der Waals surface area contributed by atoms with Crippen LogP contribution in [0.5, 0.6) is 5.75 Å². The van der Waals surface area contributed by atoms with E-state index in [1.54, 1.807) is 13.3 Å². The molecule has 2 N–H and O–H groups in total. The highest BCUT2D eigenvalue weighted by Crippen LogP contribution is 2.18. The molecule has 7 heteroatoms. The van der Waals surface area contributed by atoms with Crippen molar-refractivity contribution in [3.05, 3.63) is 52.6 Å². The van der Waals surface area contributed by atoms with Crippen molar-refractivity contribution in [1.82, 2.24) is 15.3 Å². The minimum atomic E-state index is -0.205. The molecule has 1 aliphatic rings. The second kappa shape index (κ2) is 7.83. The quantitative estimate of drug-likeness (QED) is 0.850.